The van der Waals surface area contributed by atoms with Crippen molar-refractivity contribution in [3.8, 4) is 11.5 Å². The Morgan fingerprint density at radius 1 is 1.06 bits per heavy atom. The number of hydrogen-bond donors (Lipinski definition) is 2. The zero-order valence-electron chi connectivity index (χ0n) is 18.7. The fourth-order valence-electron chi connectivity index (χ4n) is 3.63. The molecule has 5 rings (SSSR count). The SMILES string of the molecule is CC(C)c1ccc2oc(-c3ccc(NC(=S)NC(=O)c4sc5cc(Cl)ccc5c4Cl)cc3)nc2c1. The van der Waals surface area contributed by atoms with Crippen molar-refractivity contribution in [3.05, 3.63) is 81.1 Å². The number of oxazole rings is 1. The lowest BCUT2D eigenvalue weighted by molar-refractivity contribution is 0.0982. The summed E-state index contributed by atoms with van der Waals surface area (Å²) in [4.78, 5) is 17.8. The van der Waals surface area contributed by atoms with E-state index in [1.807, 2.05) is 30.3 Å². The first-order chi connectivity index (χ1) is 16.8. The van der Waals surface area contributed by atoms with Crippen molar-refractivity contribution in [2.75, 3.05) is 5.32 Å². The molecular weight excluding hydrogens is 521 g/mol. The van der Waals surface area contributed by atoms with Gasteiger partial charge in [-0.2, -0.15) is 0 Å². The van der Waals surface area contributed by atoms with Crippen LogP contribution in [0.15, 0.2) is 65.1 Å². The zero-order chi connectivity index (χ0) is 24.7. The number of benzene rings is 3. The maximum absolute atomic E-state index is 12.7. The average Bonchev–Trinajstić information content (AvgIpc) is 3.39. The molecule has 2 N–H and O–H groups in total. The first-order valence-electron chi connectivity index (χ1n) is 10.8. The van der Waals surface area contributed by atoms with E-state index in [2.05, 4.69) is 41.6 Å². The molecule has 0 atom stereocenters. The molecule has 0 radical (unpaired) electrons. The molecule has 176 valence electrons. The Morgan fingerprint density at radius 3 is 2.57 bits per heavy atom. The summed E-state index contributed by atoms with van der Waals surface area (Å²) in [5.41, 5.74) is 4.35. The van der Waals surface area contributed by atoms with Gasteiger partial charge in [0, 0.05) is 26.4 Å². The van der Waals surface area contributed by atoms with Gasteiger partial charge in [-0.15, -0.1) is 11.3 Å². The van der Waals surface area contributed by atoms with Crippen LogP contribution in [0.25, 0.3) is 32.6 Å². The number of rotatable bonds is 4. The van der Waals surface area contributed by atoms with Gasteiger partial charge in [0.15, 0.2) is 10.7 Å². The van der Waals surface area contributed by atoms with Crippen LogP contribution in [0.2, 0.25) is 10.0 Å². The molecule has 35 heavy (non-hydrogen) atoms. The average molecular weight is 540 g/mol. The molecule has 0 fully saturated rings. The molecule has 2 heterocycles. The summed E-state index contributed by atoms with van der Waals surface area (Å²) in [5.74, 6) is 0.583. The highest BCUT2D eigenvalue weighted by molar-refractivity contribution is 7.80. The second-order valence-corrected chi connectivity index (χ2v) is 10.5. The van der Waals surface area contributed by atoms with Crippen LogP contribution in [0.5, 0.6) is 0 Å². The molecule has 0 aliphatic heterocycles. The van der Waals surface area contributed by atoms with E-state index in [0.717, 1.165) is 26.7 Å². The largest absolute Gasteiger partial charge is 0.436 e. The molecule has 2 aromatic heterocycles. The van der Waals surface area contributed by atoms with Gasteiger partial charge in [0.05, 0.1) is 5.02 Å². The van der Waals surface area contributed by atoms with Crippen LogP contribution < -0.4 is 10.6 Å². The Morgan fingerprint density at radius 2 is 1.83 bits per heavy atom. The monoisotopic (exact) mass is 539 g/mol. The molecular formula is C26H19Cl2N3O2S2. The Balaban J connectivity index is 1.27. The van der Waals surface area contributed by atoms with Gasteiger partial charge in [0.2, 0.25) is 5.89 Å². The Bertz CT molecular complexity index is 1590. The Kier molecular flexibility index (Phi) is 6.51. The topological polar surface area (TPSA) is 67.2 Å². The van der Waals surface area contributed by atoms with Crippen LogP contribution in [-0.4, -0.2) is 16.0 Å². The van der Waals surface area contributed by atoms with Crippen molar-refractivity contribution >= 4 is 84.6 Å². The summed E-state index contributed by atoms with van der Waals surface area (Å²) in [7, 11) is 0. The second-order valence-electron chi connectivity index (χ2n) is 8.27. The Labute approximate surface area is 221 Å². The highest BCUT2D eigenvalue weighted by Gasteiger charge is 2.18. The number of aromatic nitrogens is 1. The number of amides is 1. The molecule has 5 aromatic rings. The van der Waals surface area contributed by atoms with Gasteiger partial charge < -0.3 is 9.73 Å². The minimum atomic E-state index is -0.381. The molecule has 0 spiro atoms. The lowest BCUT2D eigenvalue weighted by Gasteiger charge is -2.09. The maximum atomic E-state index is 12.7. The van der Waals surface area contributed by atoms with Gasteiger partial charge in [-0.05, 0) is 72.2 Å². The van der Waals surface area contributed by atoms with E-state index in [9.17, 15) is 4.79 Å². The molecule has 3 aromatic carbocycles. The highest BCUT2D eigenvalue weighted by atomic mass is 35.5. The van der Waals surface area contributed by atoms with E-state index < -0.39 is 0 Å². The molecule has 0 bridgehead atoms. The van der Waals surface area contributed by atoms with Crippen LogP contribution in [0, 0.1) is 0 Å². The molecule has 0 saturated heterocycles. The number of hydrogen-bond acceptors (Lipinski definition) is 5. The van der Waals surface area contributed by atoms with Gasteiger partial charge >= 0.3 is 0 Å². The van der Waals surface area contributed by atoms with Gasteiger partial charge in [0.1, 0.15) is 10.4 Å². The van der Waals surface area contributed by atoms with Crippen LogP contribution in [0.1, 0.15) is 35.0 Å². The lowest BCUT2D eigenvalue weighted by atomic mass is 10.0. The van der Waals surface area contributed by atoms with Crippen molar-refractivity contribution in [1.82, 2.24) is 10.3 Å². The summed E-state index contributed by atoms with van der Waals surface area (Å²) in [6, 6.07) is 18.8. The molecule has 1 amide bonds. The fourth-order valence-corrected chi connectivity index (χ4v) is 5.53. The zero-order valence-corrected chi connectivity index (χ0v) is 21.8. The Hall–Kier alpha value is -2.97. The molecule has 0 aliphatic carbocycles. The third kappa shape index (κ3) is 4.90. The lowest BCUT2D eigenvalue weighted by Crippen LogP contribution is -2.33. The van der Waals surface area contributed by atoms with Crippen LogP contribution >= 0.6 is 46.8 Å². The molecule has 0 aliphatic rings. The normalized spacial score (nSPS) is 11.3. The van der Waals surface area contributed by atoms with E-state index in [1.165, 1.54) is 16.9 Å². The molecule has 9 heteroatoms. The van der Waals surface area contributed by atoms with E-state index in [4.69, 9.17) is 39.8 Å². The summed E-state index contributed by atoms with van der Waals surface area (Å²) in [6.45, 7) is 4.29. The number of thiophene rings is 1. The molecule has 5 nitrogen and oxygen atoms in total. The van der Waals surface area contributed by atoms with E-state index >= 15 is 0 Å². The summed E-state index contributed by atoms with van der Waals surface area (Å²) < 4.78 is 6.76. The fraction of sp³-hybridized carbons (Fsp3) is 0.115. The third-order valence-electron chi connectivity index (χ3n) is 5.49. The number of nitrogens with zero attached hydrogens (tertiary/aromatic N) is 1. The predicted octanol–water partition coefficient (Wildman–Crippen LogP) is 8.27. The van der Waals surface area contributed by atoms with Crippen molar-refractivity contribution in [1.29, 1.82) is 0 Å². The number of carbonyl (C=O) groups excluding carboxylic acids is 1. The van der Waals surface area contributed by atoms with Crippen molar-refractivity contribution in [2.45, 2.75) is 19.8 Å². The number of carbonyl (C=O) groups is 1. The van der Waals surface area contributed by atoms with Crippen LogP contribution in [0.3, 0.4) is 0 Å². The van der Waals surface area contributed by atoms with Gasteiger partial charge in [-0.25, -0.2) is 4.98 Å². The summed E-state index contributed by atoms with van der Waals surface area (Å²) in [6.07, 6.45) is 0. The highest BCUT2D eigenvalue weighted by Crippen LogP contribution is 2.36. The molecule has 0 unspecified atom stereocenters. The number of halogens is 2. The van der Waals surface area contributed by atoms with Gasteiger partial charge in [-0.1, -0.05) is 49.2 Å². The first-order valence-corrected chi connectivity index (χ1v) is 12.8. The first kappa shape index (κ1) is 23.8. The standard InChI is InChI=1S/C26H19Cl2N3O2S2/c1-13(2)15-5-10-20-19(11-15)30-25(33-20)14-3-7-17(8-4-14)29-26(34)31-24(32)23-22(28)18-9-6-16(27)12-21(18)35-23/h3-13H,1-2H3,(H2,29,31,32,34). The third-order valence-corrected chi connectivity index (χ3v) is 7.59. The maximum Gasteiger partial charge on any atom is 0.269 e. The van der Waals surface area contributed by atoms with E-state index in [-0.39, 0.29) is 11.0 Å². The van der Waals surface area contributed by atoms with Crippen molar-refractivity contribution in [2.24, 2.45) is 0 Å². The number of thiocarbonyl (C=S) groups is 1. The number of fused-ring (bicyclic) bond motifs is 2. The predicted molar refractivity (Wildman–Crippen MR) is 149 cm³/mol. The van der Waals surface area contributed by atoms with E-state index in [1.54, 1.807) is 18.2 Å². The number of nitrogens with one attached hydrogen (secondary N) is 2. The van der Waals surface area contributed by atoms with E-state index in [0.29, 0.717) is 32.4 Å². The quantitative estimate of drug-likeness (QED) is 0.225. The minimum absolute atomic E-state index is 0.164. The molecule has 0 saturated carbocycles. The van der Waals surface area contributed by atoms with Crippen molar-refractivity contribution < 1.29 is 9.21 Å². The summed E-state index contributed by atoms with van der Waals surface area (Å²) in [5, 5.41) is 7.61. The van der Waals surface area contributed by atoms with Gasteiger partial charge in [-0.3, -0.25) is 10.1 Å². The smallest absolute Gasteiger partial charge is 0.269 e. The van der Waals surface area contributed by atoms with Crippen LogP contribution in [-0.2, 0) is 0 Å². The second kappa shape index (κ2) is 9.59. The minimum Gasteiger partial charge on any atom is -0.436 e. The summed E-state index contributed by atoms with van der Waals surface area (Å²) >= 11 is 19.0. The van der Waals surface area contributed by atoms with Crippen LogP contribution in [0.4, 0.5) is 5.69 Å². The van der Waals surface area contributed by atoms with Gasteiger partial charge in [0.25, 0.3) is 5.91 Å². The number of anilines is 1. The van der Waals surface area contributed by atoms with Crippen molar-refractivity contribution in [3.63, 3.8) is 0 Å².